The van der Waals surface area contributed by atoms with Crippen molar-refractivity contribution in [2.45, 2.75) is 0 Å². The molecule has 0 fully saturated rings. The van der Waals surface area contributed by atoms with E-state index < -0.39 is 0 Å². The van der Waals surface area contributed by atoms with Gasteiger partial charge >= 0.3 is 0 Å². The number of hydrogen-bond acceptors (Lipinski definition) is 5. The van der Waals surface area contributed by atoms with Crippen molar-refractivity contribution in [3.8, 4) is 5.19 Å². The van der Waals surface area contributed by atoms with Crippen LogP contribution >= 0.6 is 11.3 Å². The van der Waals surface area contributed by atoms with Gasteiger partial charge in [0.1, 0.15) is 12.1 Å². The van der Waals surface area contributed by atoms with Gasteiger partial charge in [0, 0.05) is 6.54 Å². The second-order valence-corrected chi connectivity index (χ2v) is 2.45. The Kier molecular flexibility index (Phi) is 3.11. The van der Waals surface area contributed by atoms with Gasteiger partial charge in [-0.15, -0.1) is 10.2 Å². The number of nitrogens with one attached hydrogen (secondary N) is 1. The third-order valence-corrected chi connectivity index (χ3v) is 1.52. The third kappa shape index (κ3) is 2.28. The van der Waals surface area contributed by atoms with Crippen molar-refractivity contribution < 1.29 is 4.74 Å². The van der Waals surface area contributed by atoms with Crippen LogP contribution in [0.3, 0.4) is 0 Å². The van der Waals surface area contributed by atoms with Crippen LogP contribution in [-0.2, 0) is 0 Å². The molecule has 0 spiro atoms. The molecular weight excluding hydrogens is 150 g/mol. The Morgan fingerprint density at radius 3 is 3.30 bits per heavy atom. The van der Waals surface area contributed by atoms with Crippen LogP contribution in [0.15, 0.2) is 5.51 Å². The number of hydrogen-bond donors (Lipinski definition) is 1. The quantitative estimate of drug-likeness (QED) is 0.635. The summed E-state index contributed by atoms with van der Waals surface area (Å²) in [6.45, 7) is 1.48. The Morgan fingerprint density at radius 1 is 1.80 bits per heavy atom. The molecule has 1 heterocycles. The molecular formula is C5H9N3OS. The van der Waals surface area contributed by atoms with E-state index in [0.29, 0.717) is 11.8 Å². The van der Waals surface area contributed by atoms with Gasteiger partial charge in [-0.2, -0.15) is 0 Å². The molecule has 0 saturated carbocycles. The fourth-order valence-corrected chi connectivity index (χ4v) is 0.896. The van der Waals surface area contributed by atoms with Crippen LogP contribution in [0.2, 0.25) is 0 Å². The highest BCUT2D eigenvalue weighted by Gasteiger charge is 1.93. The van der Waals surface area contributed by atoms with Gasteiger partial charge in [0.05, 0.1) is 0 Å². The molecule has 1 rings (SSSR count). The Hall–Kier alpha value is -0.680. The second kappa shape index (κ2) is 4.19. The largest absolute Gasteiger partial charge is 0.468 e. The summed E-state index contributed by atoms with van der Waals surface area (Å²) in [6.07, 6.45) is 0. The summed E-state index contributed by atoms with van der Waals surface area (Å²) in [5.41, 5.74) is 1.65. The number of aromatic nitrogens is 2. The minimum absolute atomic E-state index is 0.634. The molecule has 0 radical (unpaired) electrons. The van der Waals surface area contributed by atoms with E-state index in [4.69, 9.17) is 4.74 Å². The molecule has 0 aromatic carbocycles. The molecule has 1 aromatic heterocycles. The maximum absolute atomic E-state index is 5.17. The number of ether oxygens (including phenoxy) is 1. The molecule has 0 amide bonds. The zero-order chi connectivity index (χ0) is 7.23. The van der Waals surface area contributed by atoms with E-state index in [9.17, 15) is 0 Å². The van der Waals surface area contributed by atoms with Crippen molar-refractivity contribution in [2.24, 2.45) is 0 Å². The number of nitrogens with zero attached hydrogens (tertiary/aromatic N) is 2. The lowest BCUT2D eigenvalue weighted by Crippen LogP contribution is -2.15. The molecule has 0 unspecified atom stereocenters. The van der Waals surface area contributed by atoms with Crippen molar-refractivity contribution in [2.75, 3.05) is 20.2 Å². The van der Waals surface area contributed by atoms with Gasteiger partial charge < -0.3 is 10.1 Å². The van der Waals surface area contributed by atoms with E-state index in [1.807, 2.05) is 7.05 Å². The number of rotatable bonds is 4. The molecule has 0 bridgehead atoms. The lowest BCUT2D eigenvalue weighted by atomic mass is 10.7. The maximum Gasteiger partial charge on any atom is 0.293 e. The zero-order valence-electron chi connectivity index (χ0n) is 5.70. The normalized spacial score (nSPS) is 9.70. The summed E-state index contributed by atoms with van der Waals surface area (Å²) >= 11 is 1.40. The summed E-state index contributed by atoms with van der Waals surface area (Å²) in [4.78, 5) is 0. The molecule has 0 aliphatic rings. The summed E-state index contributed by atoms with van der Waals surface area (Å²) in [6, 6.07) is 0. The van der Waals surface area contributed by atoms with Crippen molar-refractivity contribution in [3.63, 3.8) is 0 Å². The van der Waals surface area contributed by atoms with Gasteiger partial charge in [0.25, 0.3) is 5.19 Å². The van der Waals surface area contributed by atoms with Crippen LogP contribution in [0.5, 0.6) is 5.19 Å². The van der Waals surface area contributed by atoms with Crippen molar-refractivity contribution >= 4 is 11.3 Å². The monoisotopic (exact) mass is 159 g/mol. The molecule has 1 N–H and O–H groups in total. The SMILES string of the molecule is CNCCOc1nncs1. The Labute approximate surface area is 63.2 Å². The van der Waals surface area contributed by atoms with Crippen LogP contribution in [0.1, 0.15) is 0 Å². The average molecular weight is 159 g/mol. The van der Waals surface area contributed by atoms with Crippen molar-refractivity contribution in [1.82, 2.24) is 15.5 Å². The molecule has 0 aliphatic carbocycles. The van der Waals surface area contributed by atoms with E-state index in [2.05, 4.69) is 15.5 Å². The molecule has 56 valence electrons. The van der Waals surface area contributed by atoms with E-state index in [0.717, 1.165) is 6.54 Å². The maximum atomic E-state index is 5.17. The first kappa shape index (κ1) is 7.43. The minimum atomic E-state index is 0.634. The predicted molar refractivity (Wildman–Crippen MR) is 39.3 cm³/mol. The van der Waals surface area contributed by atoms with Crippen LogP contribution in [-0.4, -0.2) is 30.4 Å². The standard InChI is InChI=1S/C5H9N3OS/c1-6-2-3-9-5-8-7-4-10-5/h4,6H,2-3H2,1H3. The van der Waals surface area contributed by atoms with E-state index >= 15 is 0 Å². The highest BCUT2D eigenvalue weighted by atomic mass is 32.1. The van der Waals surface area contributed by atoms with Crippen LogP contribution in [0, 0.1) is 0 Å². The first-order valence-corrected chi connectivity index (χ1v) is 3.85. The van der Waals surface area contributed by atoms with E-state index in [-0.39, 0.29) is 0 Å². The van der Waals surface area contributed by atoms with Gasteiger partial charge in [0.2, 0.25) is 0 Å². The van der Waals surface area contributed by atoms with Crippen LogP contribution < -0.4 is 10.1 Å². The van der Waals surface area contributed by atoms with Gasteiger partial charge in [-0.1, -0.05) is 11.3 Å². The van der Waals surface area contributed by atoms with Crippen LogP contribution in [0.25, 0.3) is 0 Å². The van der Waals surface area contributed by atoms with Gasteiger partial charge in [-0.05, 0) is 7.05 Å². The fraction of sp³-hybridized carbons (Fsp3) is 0.600. The topological polar surface area (TPSA) is 47.0 Å². The van der Waals surface area contributed by atoms with Gasteiger partial charge in [-0.25, -0.2) is 0 Å². The minimum Gasteiger partial charge on any atom is -0.468 e. The van der Waals surface area contributed by atoms with Crippen molar-refractivity contribution in [3.05, 3.63) is 5.51 Å². The molecule has 1 aromatic rings. The lowest BCUT2D eigenvalue weighted by Gasteiger charge is -1.98. The Balaban J connectivity index is 2.15. The zero-order valence-corrected chi connectivity index (χ0v) is 6.52. The number of likely N-dealkylation sites (N-methyl/N-ethyl adjacent to an activating group) is 1. The molecule has 0 atom stereocenters. The second-order valence-electron chi connectivity index (χ2n) is 1.66. The Morgan fingerprint density at radius 2 is 2.70 bits per heavy atom. The smallest absolute Gasteiger partial charge is 0.293 e. The van der Waals surface area contributed by atoms with Crippen LogP contribution in [0.4, 0.5) is 0 Å². The first-order chi connectivity index (χ1) is 4.93. The molecule has 5 heteroatoms. The molecule has 0 saturated heterocycles. The predicted octanol–water partition coefficient (Wildman–Crippen LogP) is 0.136. The molecule has 10 heavy (non-hydrogen) atoms. The van der Waals surface area contributed by atoms with E-state index in [1.54, 1.807) is 5.51 Å². The summed E-state index contributed by atoms with van der Waals surface area (Å²) in [5, 5.41) is 10.9. The first-order valence-electron chi connectivity index (χ1n) is 2.97. The van der Waals surface area contributed by atoms with Gasteiger partial charge in [-0.3, -0.25) is 0 Å². The molecule has 4 nitrogen and oxygen atoms in total. The summed E-state index contributed by atoms with van der Waals surface area (Å²) in [7, 11) is 1.88. The third-order valence-electron chi connectivity index (χ3n) is 0.918. The molecule has 0 aliphatic heterocycles. The average Bonchev–Trinajstić information content (AvgIpc) is 2.41. The summed E-state index contributed by atoms with van der Waals surface area (Å²) < 4.78 is 5.17. The lowest BCUT2D eigenvalue weighted by molar-refractivity contribution is 0.314. The highest BCUT2D eigenvalue weighted by molar-refractivity contribution is 7.11. The van der Waals surface area contributed by atoms with E-state index in [1.165, 1.54) is 11.3 Å². The fourth-order valence-electron chi connectivity index (χ4n) is 0.466. The highest BCUT2D eigenvalue weighted by Crippen LogP contribution is 2.10. The Bertz CT molecular complexity index is 165. The summed E-state index contributed by atoms with van der Waals surface area (Å²) in [5.74, 6) is 0. The van der Waals surface area contributed by atoms with Gasteiger partial charge in [0.15, 0.2) is 0 Å². The van der Waals surface area contributed by atoms with Crippen molar-refractivity contribution in [1.29, 1.82) is 0 Å².